The molecule has 0 fully saturated rings. The smallest absolute Gasteiger partial charge is 0.274 e. The van der Waals surface area contributed by atoms with Crippen LogP contribution >= 0.6 is 0 Å². The summed E-state index contributed by atoms with van der Waals surface area (Å²) < 4.78 is 10.6. The van der Waals surface area contributed by atoms with Crippen LogP contribution in [-0.2, 0) is 6.54 Å². The Labute approximate surface area is 137 Å². The second kappa shape index (κ2) is 5.69. The third kappa shape index (κ3) is 2.56. The molecule has 2 heterocycles. The molecule has 0 spiro atoms. The van der Waals surface area contributed by atoms with Gasteiger partial charge in [0.15, 0.2) is 23.0 Å². The molecule has 0 unspecified atom stereocenters. The lowest BCUT2D eigenvalue weighted by molar-refractivity contribution is 0.0947. The predicted octanol–water partition coefficient (Wildman–Crippen LogP) is 1.87. The number of benzene rings is 2. The third-order valence-corrected chi connectivity index (χ3v) is 3.70. The van der Waals surface area contributed by atoms with Crippen molar-refractivity contribution in [1.82, 2.24) is 15.3 Å². The Hall–Kier alpha value is -3.35. The number of nitrogens with two attached hydrogens (primary N) is 1. The molecule has 0 radical (unpaired) electrons. The molecule has 1 aliphatic rings. The predicted molar refractivity (Wildman–Crippen MR) is 87.7 cm³/mol. The minimum Gasteiger partial charge on any atom is -0.454 e. The van der Waals surface area contributed by atoms with Gasteiger partial charge in [-0.15, -0.1) is 0 Å². The van der Waals surface area contributed by atoms with Crippen LogP contribution in [-0.4, -0.2) is 22.7 Å². The van der Waals surface area contributed by atoms with Crippen molar-refractivity contribution in [2.24, 2.45) is 0 Å². The van der Waals surface area contributed by atoms with Gasteiger partial charge in [-0.25, -0.2) is 9.97 Å². The van der Waals surface area contributed by atoms with Crippen molar-refractivity contribution in [3.63, 3.8) is 0 Å². The molecule has 0 atom stereocenters. The van der Waals surface area contributed by atoms with E-state index in [1.165, 1.54) is 0 Å². The third-order valence-electron chi connectivity index (χ3n) is 3.70. The van der Waals surface area contributed by atoms with Crippen molar-refractivity contribution in [2.45, 2.75) is 6.54 Å². The topological polar surface area (TPSA) is 99.4 Å². The summed E-state index contributed by atoms with van der Waals surface area (Å²) in [6, 6.07) is 12.8. The summed E-state index contributed by atoms with van der Waals surface area (Å²) in [4.78, 5) is 20.9. The highest BCUT2D eigenvalue weighted by Crippen LogP contribution is 2.32. The van der Waals surface area contributed by atoms with Crippen LogP contribution in [0.2, 0.25) is 0 Å². The summed E-state index contributed by atoms with van der Waals surface area (Å²) in [5.41, 5.74) is 8.15. The van der Waals surface area contributed by atoms with Crippen LogP contribution in [0.4, 0.5) is 5.82 Å². The summed E-state index contributed by atoms with van der Waals surface area (Å²) in [6.07, 6.45) is 0. The van der Waals surface area contributed by atoms with E-state index in [-0.39, 0.29) is 24.2 Å². The molecule has 7 heteroatoms. The van der Waals surface area contributed by atoms with Gasteiger partial charge in [0.05, 0.1) is 11.0 Å². The number of nitrogens with zero attached hydrogens (tertiary/aromatic N) is 2. The number of fused-ring (bicyclic) bond motifs is 2. The maximum absolute atomic E-state index is 12.4. The molecule has 2 aromatic carbocycles. The molecule has 0 saturated carbocycles. The second-order valence-electron chi connectivity index (χ2n) is 5.32. The van der Waals surface area contributed by atoms with Crippen molar-refractivity contribution in [1.29, 1.82) is 0 Å². The zero-order valence-corrected chi connectivity index (χ0v) is 12.7. The average Bonchev–Trinajstić information content (AvgIpc) is 3.06. The van der Waals surface area contributed by atoms with Gasteiger partial charge in [0.2, 0.25) is 6.79 Å². The number of hydrogen-bond donors (Lipinski definition) is 2. The van der Waals surface area contributed by atoms with Crippen LogP contribution in [0.1, 0.15) is 16.1 Å². The van der Waals surface area contributed by atoms with E-state index in [4.69, 9.17) is 15.2 Å². The Morgan fingerprint density at radius 3 is 2.67 bits per heavy atom. The largest absolute Gasteiger partial charge is 0.454 e. The number of rotatable bonds is 3. The minimum atomic E-state index is -0.372. The van der Waals surface area contributed by atoms with Crippen LogP contribution in [0.15, 0.2) is 42.5 Å². The van der Waals surface area contributed by atoms with Crippen molar-refractivity contribution in [3.8, 4) is 11.5 Å². The van der Waals surface area contributed by atoms with Crippen molar-refractivity contribution < 1.29 is 14.3 Å². The average molecular weight is 322 g/mol. The summed E-state index contributed by atoms with van der Waals surface area (Å²) >= 11 is 0. The highest BCUT2D eigenvalue weighted by molar-refractivity contribution is 5.98. The summed E-state index contributed by atoms with van der Waals surface area (Å²) in [5.74, 6) is 1.11. The molecule has 3 aromatic rings. The first-order valence-corrected chi connectivity index (χ1v) is 7.40. The fourth-order valence-electron chi connectivity index (χ4n) is 2.50. The molecule has 120 valence electrons. The van der Waals surface area contributed by atoms with Gasteiger partial charge >= 0.3 is 0 Å². The molecular weight excluding hydrogens is 308 g/mol. The van der Waals surface area contributed by atoms with E-state index in [0.29, 0.717) is 29.1 Å². The molecule has 1 aliphatic heterocycles. The molecular formula is C17H14N4O3. The van der Waals surface area contributed by atoms with Crippen LogP contribution in [0, 0.1) is 0 Å². The molecule has 0 saturated heterocycles. The second-order valence-corrected chi connectivity index (χ2v) is 5.32. The van der Waals surface area contributed by atoms with E-state index in [0.717, 1.165) is 5.56 Å². The number of hydrogen-bond acceptors (Lipinski definition) is 6. The van der Waals surface area contributed by atoms with Gasteiger partial charge in [-0.05, 0) is 29.8 Å². The fraction of sp³-hybridized carbons (Fsp3) is 0.118. The molecule has 24 heavy (non-hydrogen) atoms. The molecule has 1 aromatic heterocycles. The first kappa shape index (κ1) is 14.3. The maximum atomic E-state index is 12.4. The first-order chi connectivity index (χ1) is 11.7. The normalized spacial score (nSPS) is 12.3. The van der Waals surface area contributed by atoms with Crippen LogP contribution < -0.4 is 20.5 Å². The van der Waals surface area contributed by atoms with Gasteiger partial charge in [-0.1, -0.05) is 18.2 Å². The maximum Gasteiger partial charge on any atom is 0.274 e. The molecule has 4 rings (SSSR count). The first-order valence-electron chi connectivity index (χ1n) is 7.40. The van der Waals surface area contributed by atoms with E-state index in [1.807, 2.05) is 30.3 Å². The number of amides is 1. The number of aromatic nitrogens is 2. The quantitative estimate of drug-likeness (QED) is 0.763. The Balaban J connectivity index is 1.53. The minimum absolute atomic E-state index is 0.108. The number of carbonyl (C=O) groups is 1. The lowest BCUT2D eigenvalue weighted by Gasteiger charge is -2.08. The van der Waals surface area contributed by atoms with E-state index in [9.17, 15) is 4.79 Å². The monoisotopic (exact) mass is 322 g/mol. The standard InChI is InChI=1S/C17H14N4O3/c18-16-15(20-11-3-1-2-4-12(11)21-16)17(22)19-8-10-5-6-13-14(7-10)24-9-23-13/h1-7H,8-9H2,(H2,18,21)(H,19,22). The molecule has 3 N–H and O–H groups in total. The number of carbonyl (C=O) groups excluding carboxylic acids is 1. The van der Waals surface area contributed by atoms with Gasteiger partial charge in [-0.2, -0.15) is 0 Å². The van der Waals surface area contributed by atoms with E-state index >= 15 is 0 Å². The van der Waals surface area contributed by atoms with Crippen molar-refractivity contribution in [2.75, 3.05) is 12.5 Å². The number of para-hydroxylation sites is 2. The summed E-state index contributed by atoms with van der Waals surface area (Å²) in [5, 5.41) is 2.79. The van der Waals surface area contributed by atoms with Gasteiger partial charge in [-0.3, -0.25) is 4.79 Å². The van der Waals surface area contributed by atoms with E-state index in [1.54, 1.807) is 12.1 Å². The highest BCUT2D eigenvalue weighted by atomic mass is 16.7. The molecule has 7 nitrogen and oxygen atoms in total. The zero-order valence-electron chi connectivity index (χ0n) is 12.7. The van der Waals surface area contributed by atoms with Gasteiger partial charge in [0.1, 0.15) is 0 Å². The number of nitrogen functional groups attached to an aromatic ring is 1. The Bertz CT molecular complexity index is 942. The van der Waals surface area contributed by atoms with Gasteiger partial charge in [0.25, 0.3) is 5.91 Å². The molecule has 0 aliphatic carbocycles. The number of ether oxygens (including phenoxy) is 2. The van der Waals surface area contributed by atoms with E-state index in [2.05, 4.69) is 15.3 Å². The van der Waals surface area contributed by atoms with Crippen LogP contribution in [0.25, 0.3) is 11.0 Å². The zero-order chi connectivity index (χ0) is 16.5. The van der Waals surface area contributed by atoms with Crippen molar-refractivity contribution >= 4 is 22.8 Å². The Kier molecular flexibility index (Phi) is 3.38. The van der Waals surface area contributed by atoms with E-state index < -0.39 is 0 Å². The van der Waals surface area contributed by atoms with Crippen LogP contribution in [0.3, 0.4) is 0 Å². The lowest BCUT2D eigenvalue weighted by atomic mass is 10.2. The van der Waals surface area contributed by atoms with Gasteiger partial charge in [0, 0.05) is 6.54 Å². The molecule has 0 bridgehead atoms. The molecule has 1 amide bonds. The summed E-state index contributed by atoms with van der Waals surface area (Å²) in [7, 11) is 0. The van der Waals surface area contributed by atoms with Crippen molar-refractivity contribution in [3.05, 3.63) is 53.7 Å². The Morgan fingerprint density at radius 2 is 1.83 bits per heavy atom. The number of nitrogens with one attached hydrogen (secondary N) is 1. The highest BCUT2D eigenvalue weighted by Gasteiger charge is 2.16. The van der Waals surface area contributed by atoms with Gasteiger partial charge < -0.3 is 20.5 Å². The van der Waals surface area contributed by atoms with Crippen LogP contribution in [0.5, 0.6) is 11.5 Å². The fourth-order valence-corrected chi connectivity index (χ4v) is 2.50. The SMILES string of the molecule is Nc1nc2ccccc2nc1C(=O)NCc1ccc2c(c1)OCO2. The lowest BCUT2D eigenvalue weighted by Crippen LogP contribution is -2.25. The number of anilines is 1. The summed E-state index contributed by atoms with van der Waals surface area (Å²) in [6.45, 7) is 0.539. The Morgan fingerprint density at radius 1 is 1.08 bits per heavy atom.